The lowest BCUT2D eigenvalue weighted by atomic mass is 10.2. The molecule has 0 spiro atoms. The maximum Gasteiger partial charge on any atom is 0.252 e. The highest BCUT2D eigenvalue weighted by Gasteiger charge is 2.09. The summed E-state index contributed by atoms with van der Waals surface area (Å²) >= 11 is 5.54. The van der Waals surface area contributed by atoms with Crippen LogP contribution in [0.15, 0.2) is 22.7 Å². The molecule has 1 aromatic carbocycles. The molecule has 0 radical (unpaired) electrons. The zero-order chi connectivity index (χ0) is 12.0. The molecule has 0 atom stereocenters. The first-order valence-corrected chi connectivity index (χ1v) is 6.69. The Bertz CT molecular complexity index is 426. The lowest BCUT2D eigenvalue weighted by molar-refractivity contribution is 0.0952. The number of halogens is 2. The van der Waals surface area contributed by atoms with Gasteiger partial charge in [-0.25, -0.2) is 0 Å². The van der Waals surface area contributed by atoms with Gasteiger partial charge in [-0.15, -0.1) is 12.3 Å². The van der Waals surface area contributed by atoms with Crippen LogP contribution in [0.5, 0.6) is 0 Å². The molecule has 1 aromatic rings. The topological polar surface area (TPSA) is 29.1 Å². The first-order valence-electron chi connectivity index (χ1n) is 4.82. The highest BCUT2D eigenvalue weighted by atomic mass is 127. The number of rotatable bonds is 4. The van der Waals surface area contributed by atoms with Crippen molar-refractivity contribution in [3.63, 3.8) is 0 Å². The second-order valence-electron chi connectivity index (χ2n) is 3.19. The van der Waals surface area contributed by atoms with Crippen molar-refractivity contribution < 1.29 is 4.79 Å². The summed E-state index contributed by atoms with van der Waals surface area (Å²) in [6.07, 6.45) is 6.63. The number of carbonyl (C=O) groups is 1. The molecule has 0 aliphatic rings. The second kappa shape index (κ2) is 6.92. The maximum absolute atomic E-state index is 11.8. The van der Waals surface area contributed by atoms with Crippen molar-refractivity contribution in [1.29, 1.82) is 0 Å². The number of terminal acetylenes is 1. The summed E-state index contributed by atoms with van der Waals surface area (Å²) in [6.45, 7) is 0.612. The highest BCUT2D eigenvalue weighted by Crippen LogP contribution is 2.19. The SMILES string of the molecule is C#CCCCNC(=O)c1cc(I)ccc1Br. The van der Waals surface area contributed by atoms with Crippen LogP contribution in [0.3, 0.4) is 0 Å². The molecule has 0 aliphatic carbocycles. The minimum absolute atomic E-state index is 0.0672. The van der Waals surface area contributed by atoms with Crippen LogP contribution in [0, 0.1) is 15.9 Å². The molecule has 0 unspecified atom stereocenters. The Kier molecular flexibility index (Phi) is 5.85. The van der Waals surface area contributed by atoms with Gasteiger partial charge >= 0.3 is 0 Å². The smallest absolute Gasteiger partial charge is 0.252 e. The van der Waals surface area contributed by atoms with E-state index in [9.17, 15) is 4.79 Å². The molecule has 16 heavy (non-hydrogen) atoms. The van der Waals surface area contributed by atoms with Gasteiger partial charge in [0.05, 0.1) is 5.56 Å². The Hall–Kier alpha value is -0.540. The molecule has 0 bridgehead atoms. The van der Waals surface area contributed by atoms with Crippen LogP contribution in [-0.2, 0) is 0 Å². The molecule has 0 saturated heterocycles. The van der Waals surface area contributed by atoms with Crippen LogP contribution in [0.4, 0.5) is 0 Å². The number of nitrogens with one attached hydrogen (secondary N) is 1. The van der Waals surface area contributed by atoms with E-state index in [0.717, 1.165) is 14.5 Å². The Labute approximate surface area is 117 Å². The lowest BCUT2D eigenvalue weighted by Gasteiger charge is -2.06. The minimum Gasteiger partial charge on any atom is -0.352 e. The zero-order valence-corrected chi connectivity index (χ0v) is 12.3. The summed E-state index contributed by atoms with van der Waals surface area (Å²) in [6, 6.07) is 5.67. The first-order chi connectivity index (χ1) is 7.65. The fourth-order valence-electron chi connectivity index (χ4n) is 1.16. The first kappa shape index (κ1) is 13.5. The summed E-state index contributed by atoms with van der Waals surface area (Å²) in [4.78, 5) is 11.8. The van der Waals surface area contributed by atoms with Crippen molar-refractivity contribution >= 4 is 44.4 Å². The lowest BCUT2D eigenvalue weighted by Crippen LogP contribution is -2.24. The van der Waals surface area contributed by atoms with Gasteiger partial charge in [0.25, 0.3) is 5.91 Å². The van der Waals surface area contributed by atoms with E-state index in [-0.39, 0.29) is 5.91 Å². The molecule has 1 N–H and O–H groups in total. The number of amides is 1. The summed E-state index contributed by atoms with van der Waals surface area (Å²) in [5.41, 5.74) is 0.660. The third-order valence-electron chi connectivity index (χ3n) is 1.96. The van der Waals surface area contributed by atoms with Crippen molar-refractivity contribution in [3.05, 3.63) is 31.8 Å². The van der Waals surface area contributed by atoms with E-state index >= 15 is 0 Å². The van der Waals surface area contributed by atoms with Gasteiger partial charge in [-0.2, -0.15) is 0 Å². The van der Waals surface area contributed by atoms with Gasteiger partial charge in [-0.05, 0) is 63.1 Å². The van der Waals surface area contributed by atoms with E-state index in [0.29, 0.717) is 18.5 Å². The normalized spacial score (nSPS) is 9.56. The van der Waals surface area contributed by atoms with Gasteiger partial charge in [0.2, 0.25) is 0 Å². The zero-order valence-electron chi connectivity index (χ0n) is 8.59. The van der Waals surface area contributed by atoms with Crippen LogP contribution >= 0.6 is 38.5 Å². The Morgan fingerprint density at radius 2 is 2.31 bits per heavy atom. The van der Waals surface area contributed by atoms with Crippen LogP contribution in [0.2, 0.25) is 0 Å². The molecule has 0 aliphatic heterocycles. The van der Waals surface area contributed by atoms with Gasteiger partial charge in [0, 0.05) is 21.0 Å². The molecule has 0 saturated carbocycles. The molecule has 0 aromatic heterocycles. The summed E-state index contributed by atoms with van der Waals surface area (Å²) in [5, 5.41) is 2.83. The number of unbranched alkanes of at least 4 members (excludes halogenated alkanes) is 1. The predicted molar refractivity (Wildman–Crippen MR) is 77.3 cm³/mol. The predicted octanol–water partition coefficient (Wildman–Crippen LogP) is 3.20. The molecule has 0 fully saturated rings. The van der Waals surface area contributed by atoms with Crippen molar-refractivity contribution in [3.8, 4) is 12.3 Å². The van der Waals surface area contributed by atoms with Crippen LogP contribution < -0.4 is 5.32 Å². The van der Waals surface area contributed by atoms with Crippen LogP contribution in [0.25, 0.3) is 0 Å². The Morgan fingerprint density at radius 1 is 1.56 bits per heavy atom. The van der Waals surface area contributed by atoms with Gasteiger partial charge < -0.3 is 5.32 Å². The molecular formula is C12H11BrINO. The van der Waals surface area contributed by atoms with Crippen molar-refractivity contribution in [1.82, 2.24) is 5.32 Å². The fourth-order valence-corrected chi connectivity index (χ4v) is 2.08. The number of hydrogen-bond acceptors (Lipinski definition) is 1. The summed E-state index contributed by atoms with van der Waals surface area (Å²) in [7, 11) is 0. The van der Waals surface area contributed by atoms with E-state index in [1.54, 1.807) is 0 Å². The summed E-state index contributed by atoms with van der Waals surface area (Å²) < 4.78 is 1.84. The molecule has 0 heterocycles. The number of carbonyl (C=O) groups excluding carboxylic acids is 1. The Morgan fingerprint density at radius 3 is 3.00 bits per heavy atom. The van der Waals surface area contributed by atoms with Crippen molar-refractivity contribution in [2.45, 2.75) is 12.8 Å². The molecular weight excluding hydrogens is 381 g/mol. The van der Waals surface area contributed by atoms with Gasteiger partial charge in [0.15, 0.2) is 0 Å². The minimum atomic E-state index is -0.0672. The molecule has 84 valence electrons. The van der Waals surface area contributed by atoms with E-state index in [4.69, 9.17) is 6.42 Å². The van der Waals surface area contributed by atoms with Crippen LogP contribution in [-0.4, -0.2) is 12.5 Å². The average Bonchev–Trinajstić information content (AvgIpc) is 2.27. The molecule has 1 rings (SSSR count). The number of benzene rings is 1. The van der Waals surface area contributed by atoms with Gasteiger partial charge in [-0.3, -0.25) is 4.79 Å². The largest absolute Gasteiger partial charge is 0.352 e. The average molecular weight is 392 g/mol. The quantitative estimate of drug-likeness (QED) is 0.476. The molecule has 1 amide bonds. The third kappa shape index (κ3) is 4.14. The molecule has 4 heteroatoms. The number of hydrogen-bond donors (Lipinski definition) is 1. The van der Waals surface area contributed by atoms with E-state index in [1.807, 2.05) is 18.2 Å². The van der Waals surface area contributed by atoms with E-state index in [1.165, 1.54) is 0 Å². The standard InChI is InChI=1S/C12H11BrINO/c1-2-3-4-7-15-12(16)10-8-9(14)5-6-11(10)13/h1,5-6,8H,3-4,7H2,(H,15,16). The summed E-state index contributed by atoms with van der Waals surface area (Å²) in [5.74, 6) is 2.47. The van der Waals surface area contributed by atoms with Gasteiger partial charge in [0.1, 0.15) is 0 Å². The molecule has 2 nitrogen and oxygen atoms in total. The van der Waals surface area contributed by atoms with Crippen molar-refractivity contribution in [2.24, 2.45) is 0 Å². The monoisotopic (exact) mass is 391 g/mol. The van der Waals surface area contributed by atoms with E-state index in [2.05, 4.69) is 49.8 Å². The fraction of sp³-hybridized carbons (Fsp3) is 0.250. The van der Waals surface area contributed by atoms with Crippen molar-refractivity contribution in [2.75, 3.05) is 6.54 Å². The van der Waals surface area contributed by atoms with Crippen LogP contribution in [0.1, 0.15) is 23.2 Å². The highest BCUT2D eigenvalue weighted by molar-refractivity contribution is 14.1. The van der Waals surface area contributed by atoms with Gasteiger partial charge in [-0.1, -0.05) is 0 Å². The second-order valence-corrected chi connectivity index (χ2v) is 5.29. The Balaban J connectivity index is 2.59. The maximum atomic E-state index is 11.8. The third-order valence-corrected chi connectivity index (χ3v) is 3.32. The van der Waals surface area contributed by atoms with E-state index < -0.39 is 0 Å².